The highest BCUT2D eigenvalue weighted by molar-refractivity contribution is 6.76. The number of aromatic nitrogens is 4. The summed E-state index contributed by atoms with van der Waals surface area (Å²) in [7, 11) is 1.63. The van der Waals surface area contributed by atoms with Crippen LogP contribution >= 0.6 is 0 Å². The fourth-order valence-electron chi connectivity index (χ4n) is 4.09. The second-order valence-electron chi connectivity index (χ2n) is 9.99. The molecule has 0 amide bonds. The third-order valence-electron chi connectivity index (χ3n) is 6.11. The van der Waals surface area contributed by atoms with Gasteiger partial charge in [0.2, 0.25) is 0 Å². The first kappa shape index (κ1) is 25.6. The van der Waals surface area contributed by atoms with E-state index in [1.54, 1.807) is 25.3 Å². The molecule has 0 saturated heterocycles. The molecule has 4 heterocycles. The van der Waals surface area contributed by atoms with Gasteiger partial charge < -0.3 is 14.2 Å². The van der Waals surface area contributed by atoms with Crippen LogP contribution < -0.4 is 4.74 Å². The Kier molecular flexibility index (Phi) is 7.01. The Labute approximate surface area is 211 Å². The highest BCUT2D eigenvalue weighted by Crippen LogP contribution is 2.32. The molecule has 0 aliphatic rings. The number of ether oxygens (including phenoxy) is 3. The lowest BCUT2D eigenvalue weighted by molar-refractivity contribution is 0.0600. The minimum Gasteiger partial charge on any atom is -0.482 e. The van der Waals surface area contributed by atoms with E-state index in [1.807, 2.05) is 28.0 Å². The molecule has 10 heteroatoms. The number of imidazole rings is 1. The van der Waals surface area contributed by atoms with Crippen LogP contribution in [-0.4, -0.2) is 59.6 Å². The Morgan fingerprint density at radius 3 is 2.44 bits per heavy atom. The van der Waals surface area contributed by atoms with Crippen molar-refractivity contribution in [1.29, 1.82) is 0 Å². The second-order valence-corrected chi connectivity index (χ2v) is 15.6. The van der Waals surface area contributed by atoms with Gasteiger partial charge in [-0.1, -0.05) is 19.6 Å². The van der Waals surface area contributed by atoms with Crippen molar-refractivity contribution in [1.82, 2.24) is 18.9 Å². The summed E-state index contributed by atoms with van der Waals surface area (Å²) in [5.74, 6) is -0.103. The quantitative estimate of drug-likeness (QED) is 0.136. The summed E-state index contributed by atoms with van der Waals surface area (Å²) in [4.78, 5) is 33.7. The number of esters is 1. The predicted molar refractivity (Wildman–Crippen MR) is 141 cm³/mol. The molecule has 0 aliphatic carbocycles. The van der Waals surface area contributed by atoms with Crippen molar-refractivity contribution in [3.63, 3.8) is 0 Å². The van der Waals surface area contributed by atoms with Crippen molar-refractivity contribution < 1.29 is 23.8 Å². The fraction of sp³-hybridized carbons (Fsp3) is 0.385. The van der Waals surface area contributed by atoms with Gasteiger partial charge in [-0.15, -0.1) is 0 Å². The number of aryl methyl sites for hydroxylation is 1. The molecule has 0 bridgehead atoms. The molecule has 0 aromatic carbocycles. The summed E-state index contributed by atoms with van der Waals surface area (Å²) >= 11 is 0. The number of pyridine rings is 2. The van der Waals surface area contributed by atoms with Gasteiger partial charge in [-0.25, -0.2) is 14.8 Å². The number of hydrogen-bond acceptors (Lipinski definition) is 7. The smallest absolute Gasteiger partial charge is 0.338 e. The van der Waals surface area contributed by atoms with E-state index in [0.29, 0.717) is 40.7 Å². The maximum Gasteiger partial charge on any atom is 0.338 e. The fourth-order valence-corrected chi connectivity index (χ4v) is 4.85. The molecule has 0 atom stereocenters. The van der Waals surface area contributed by atoms with Crippen LogP contribution in [0.5, 0.6) is 5.88 Å². The van der Waals surface area contributed by atoms with E-state index in [9.17, 15) is 9.59 Å². The standard InChI is InChI=1S/C26H32N4O5Si/c1-16-24(28-22-13-19(26(32)34-4)14-23(33-3)30(16)22)21-12-18-8-9-20(17(2)31)27-25(18)29(21)15-35-10-11-36(5,6)7/h8-9,12-14H,10-11,15H2,1-7H3. The zero-order valence-corrected chi connectivity index (χ0v) is 22.8. The van der Waals surface area contributed by atoms with Crippen LogP contribution in [0.2, 0.25) is 25.7 Å². The molecule has 0 spiro atoms. The van der Waals surface area contributed by atoms with E-state index >= 15 is 0 Å². The van der Waals surface area contributed by atoms with Crippen LogP contribution in [0.15, 0.2) is 30.3 Å². The van der Waals surface area contributed by atoms with Gasteiger partial charge in [-0.3, -0.25) is 13.8 Å². The molecule has 0 unspecified atom stereocenters. The summed E-state index contributed by atoms with van der Waals surface area (Å²) in [6, 6.07) is 9.96. The number of Topliss-reactive ketones (excluding diaryl/α,β-unsaturated/α-hetero) is 1. The average Bonchev–Trinajstić information content (AvgIpc) is 3.36. The van der Waals surface area contributed by atoms with Gasteiger partial charge in [-0.2, -0.15) is 0 Å². The minimum atomic E-state index is -1.26. The number of ketones is 1. The van der Waals surface area contributed by atoms with Crippen LogP contribution in [0.25, 0.3) is 28.1 Å². The van der Waals surface area contributed by atoms with Gasteiger partial charge >= 0.3 is 5.97 Å². The summed E-state index contributed by atoms with van der Waals surface area (Å²) in [5.41, 5.74) is 4.28. The first-order valence-electron chi connectivity index (χ1n) is 11.8. The molecule has 0 saturated carbocycles. The molecule has 0 fully saturated rings. The largest absolute Gasteiger partial charge is 0.482 e. The van der Waals surface area contributed by atoms with Gasteiger partial charge in [0.1, 0.15) is 29.4 Å². The lowest BCUT2D eigenvalue weighted by Crippen LogP contribution is -2.22. The van der Waals surface area contributed by atoms with Gasteiger partial charge in [-0.05, 0) is 37.2 Å². The van der Waals surface area contributed by atoms with Crippen LogP contribution in [0.3, 0.4) is 0 Å². The maximum atomic E-state index is 12.2. The topological polar surface area (TPSA) is 97.0 Å². The zero-order chi connectivity index (χ0) is 26.2. The summed E-state index contributed by atoms with van der Waals surface area (Å²) in [6.45, 7) is 11.3. The van der Waals surface area contributed by atoms with Crippen molar-refractivity contribution in [3.05, 3.63) is 47.3 Å². The van der Waals surface area contributed by atoms with Crippen molar-refractivity contribution in [2.75, 3.05) is 20.8 Å². The Morgan fingerprint density at radius 2 is 1.81 bits per heavy atom. The van der Waals surface area contributed by atoms with Crippen molar-refractivity contribution in [2.24, 2.45) is 0 Å². The molecular weight excluding hydrogens is 476 g/mol. The Morgan fingerprint density at radius 1 is 1.06 bits per heavy atom. The van der Waals surface area contributed by atoms with Crippen molar-refractivity contribution >= 4 is 36.5 Å². The predicted octanol–water partition coefficient (Wildman–Crippen LogP) is 4.97. The zero-order valence-electron chi connectivity index (χ0n) is 21.8. The maximum absolute atomic E-state index is 12.2. The molecule has 36 heavy (non-hydrogen) atoms. The van der Waals surface area contributed by atoms with Crippen LogP contribution in [-0.2, 0) is 16.2 Å². The van der Waals surface area contributed by atoms with Gasteiger partial charge in [0.05, 0.1) is 31.2 Å². The number of nitrogens with zero attached hydrogens (tertiary/aromatic N) is 4. The molecule has 0 radical (unpaired) electrons. The third kappa shape index (κ3) is 4.91. The molecule has 0 N–H and O–H groups in total. The normalized spacial score (nSPS) is 11.9. The van der Waals surface area contributed by atoms with Gasteiger partial charge in [0, 0.05) is 33.1 Å². The van der Waals surface area contributed by atoms with E-state index in [1.165, 1.54) is 14.0 Å². The second kappa shape index (κ2) is 9.86. The molecule has 4 aromatic heterocycles. The molecule has 9 nitrogen and oxygen atoms in total. The van der Waals surface area contributed by atoms with E-state index in [-0.39, 0.29) is 12.5 Å². The number of hydrogen-bond donors (Lipinski definition) is 0. The van der Waals surface area contributed by atoms with Crippen LogP contribution in [0, 0.1) is 6.92 Å². The third-order valence-corrected chi connectivity index (χ3v) is 7.82. The van der Waals surface area contributed by atoms with Gasteiger partial charge in [0.25, 0.3) is 0 Å². The van der Waals surface area contributed by atoms with E-state index in [4.69, 9.17) is 19.2 Å². The number of methoxy groups -OCH3 is 2. The Bertz CT molecular complexity index is 1470. The van der Waals surface area contributed by atoms with Gasteiger partial charge in [0.15, 0.2) is 11.7 Å². The number of carbonyl (C=O) groups is 2. The molecular formula is C26H32N4O5Si. The van der Waals surface area contributed by atoms with Crippen LogP contribution in [0.1, 0.15) is 33.5 Å². The van der Waals surface area contributed by atoms with Crippen LogP contribution in [0.4, 0.5) is 0 Å². The summed E-state index contributed by atoms with van der Waals surface area (Å²) < 4.78 is 20.4. The van der Waals surface area contributed by atoms with E-state index < -0.39 is 14.0 Å². The highest BCUT2D eigenvalue weighted by Gasteiger charge is 2.22. The van der Waals surface area contributed by atoms with E-state index in [0.717, 1.165) is 22.8 Å². The average molecular weight is 509 g/mol. The Balaban J connectivity index is 1.88. The summed E-state index contributed by atoms with van der Waals surface area (Å²) in [6.07, 6.45) is 0. The monoisotopic (exact) mass is 508 g/mol. The number of carbonyl (C=O) groups excluding carboxylic acids is 2. The lowest BCUT2D eigenvalue weighted by Gasteiger charge is -2.16. The molecule has 4 aromatic rings. The Hall–Kier alpha value is -3.50. The SMILES string of the molecule is COC(=O)c1cc(OC)n2c(C)c(-c3cc4ccc(C(C)=O)nc4n3COCC[Si](C)(C)C)nc2c1. The first-order valence-corrected chi connectivity index (χ1v) is 15.5. The highest BCUT2D eigenvalue weighted by atomic mass is 28.3. The van der Waals surface area contributed by atoms with Crippen molar-refractivity contribution in [2.45, 2.75) is 46.3 Å². The van der Waals surface area contributed by atoms with Crippen molar-refractivity contribution in [3.8, 4) is 17.3 Å². The molecule has 0 aliphatic heterocycles. The minimum absolute atomic E-state index is 0.102. The lowest BCUT2D eigenvalue weighted by atomic mass is 10.2. The number of rotatable bonds is 9. The number of fused-ring (bicyclic) bond motifs is 2. The summed E-state index contributed by atoms with van der Waals surface area (Å²) in [5, 5.41) is 0.877. The first-order chi connectivity index (χ1) is 17.0. The molecule has 4 rings (SSSR count). The van der Waals surface area contributed by atoms with E-state index in [2.05, 4.69) is 24.6 Å². The molecule has 190 valence electrons.